The molecule has 0 atom stereocenters. The SMILES string of the molecule is COCc1cc(C(=O)N2CCN(S(=O)(=O)c3cccc4nsnc34)CC2)no1. The van der Waals surface area contributed by atoms with Crippen molar-refractivity contribution in [2.75, 3.05) is 33.3 Å². The molecule has 0 spiro atoms. The van der Waals surface area contributed by atoms with Crippen LogP contribution in [0.4, 0.5) is 0 Å². The summed E-state index contributed by atoms with van der Waals surface area (Å²) in [6.45, 7) is 1.12. The molecule has 1 aromatic carbocycles. The molecular weight excluding hydrogens is 406 g/mol. The van der Waals surface area contributed by atoms with Gasteiger partial charge in [-0.2, -0.15) is 13.1 Å². The first-order valence-corrected chi connectivity index (χ1v) is 10.6. The van der Waals surface area contributed by atoms with Crippen LogP contribution < -0.4 is 0 Å². The van der Waals surface area contributed by atoms with E-state index in [0.717, 1.165) is 11.7 Å². The summed E-state index contributed by atoms with van der Waals surface area (Å²) in [7, 11) is -2.21. The Morgan fingerprint density at radius 1 is 1.25 bits per heavy atom. The fourth-order valence-electron chi connectivity index (χ4n) is 3.05. The van der Waals surface area contributed by atoms with E-state index in [4.69, 9.17) is 9.26 Å². The average Bonchev–Trinajstić information content (AvgIpc) is 3.37. The minimum atomic E-state index is -3.73. The zero-order valence-corrected chi connectivity index (χ0v) is 16.6. The van der Waals surface area contributed by atoms with Crippen LogP contribution in [0, 0.1) is 0 Å². The Hall–Kier alpha value is -2.41. The van der Waals surface area contributed by atoms with Crippen molar-refractivity contribution in [1.29, 1.82) is 0 Å². The number of benzene rings is 1. The molecule has 1 fully saturated rings. The van der Waals surface area contributed by atoms with E-state index >= 15 is 0 Å². The molecule has 0 bridgehead atoms. The lowest BCUT2D eigenvalue weighted by Crippen LogP contribution is -2.50. The van der Waals surface area contributed by atoms with Gasteiger partial charge in [0.15, 0.2) is 11.5 Å². The van der Waals surface area contributed by atoms with Gasteiger partial charge >= 0.3 is 0 Å². The monoisotopic (exact) mass is 423 g/mol. The normalized spacial score (nSPS) is 16.0. The van der Waals surface area contributed by atoms with E-state index in [1.165, 1.54) is 23.5 Å². The Bertz CT molecular complexity index is 1100. The maximum Gasteiger partial charge on any atom is 0.276 e. The van der Waals surface area contributed by atoms with Gasteiger partial charge in [-0.05, 0) is 12.1 Å². The van der Waals surface area contributed by atoms with Crippen LogP contribution in [0.5, 0.6) is 0 Å². The van der Waals surface area contributed by atoms with Crippen molar-refractivity contribution < 1.29 is 22.5 Å². The van der Waals surface area contributed by atoms with Gasteiger partial charge < -0.3 is 14.2 Å². The highest BCUT2D eigenvalue weighted by atomic mass is 32.2. The molecule has 0 aliphatic carbocycles. The second-order valence-corrected chi connectivity index (χ2v) is 8.63. The largest absolute Gasteiger partial charge is 0.377 e. The molecule has 1 aliphatic heterocycles. The number of fused-ring (bicyclic) bond motifs is 1. The first-order chi connectivity index (χ1) is 13.5. The molecule has 3 aromatic rings. The second kappa shape index (κ2) is 7.54. The summed E-state index contributed by atoms with van der Waals surface area (Å²) < 4.78 is 45.6. The predicted octanol–water partition coefficient (Wildman–Crippen LogP) is 0.972. The quantitative estimate of drug-likeness (QED) is 0.596. The molecule has 1 aliphatic rings. The van der Waals surface area contributed by atoms with Gasteiger partial charge in [-0.1, -0.05) is 11.2 Å². The van der Waals surface area contributed by atoms with Crippen LogP contribution >= 0.6 is 11.7 Å². The topological polar surface area (TPSA) is 119 Å². The number of methoxy groups -OCH3 is 1. The number of hydrogen-bond donors (Lipinski definition) is 0. The highest BCUT2D eigenvalue weighted by Crippen LogP contribution is 2.25. The molecule has 0 unspecified atom stereocenters. The summed E-state index contributed by atoms with van der Waals surface area (Å²) in [5.41, 5.74) is 1.11. The molecule has 0 radical (unpaired) electrons. The van der Waals surface area contributed by atoms with E-state index in [1.807, 2.05) is 0 Å². The third-order valence-electron chi connectivity index (χ3n) is 4.46. The van der Waals surface area contributed by atoms with Crippen molar-refractivity contribution in [2.24, 2.45) is 0 Å². The standard InChI is InChI=1S/C16H17N5O5S2/c1-25-10-11-9-13(17-26-11)16(22)20-5-7-21(8-6-20)28(23,24)14-4-2-3-12-15(14)19-27-18-12/h2-4,9H,5-8,10H2,1H3. The number of nitrogens with zero attached hydrogens (tertiary/aromatic N) is 5. The molecule has 3 heterocycles. The number of rotatable bonds is 5. The molecule has 10 nitrogen and oxygen atoms in total. The number of hydrogen-bond acceptors (Lipinski definition) is 9. The van der Waals surface area contributed by atoms with Crippen LogP contribution in [0.25, 0.3) is 11.0 Å². The maximum absolute atomic E-state index is 13.0. The first-order valence-electron chi connectivity index (χ1n) is 8.46. The summed E-state index contributed by atoms with van der Waals surface area (Å²) >= 11 is 0.977. The van der Waals surface area contributed by atoms with Gasteiger partial charge in [0.2, 0.25) is 10.0 Å². The van der Waals surface area contributed by atoms with Gasteiger partial charge in [0.25, 0.3) is 5.91 Å². The maximum atomic E-state index is 13.0. The Kier molecular flexibility index (Phi) is 5.10. The van der Waals surface area contributed by atoms with Crippen molar-refractivity contribution >= 4 is 38.7 Å². The van der Waals surface area contributed by atoms with Gasteiger partial charge in [0, 0.05) is 39.4 Å². The Morgan fingerprint density at radius 2 is 2.04 bits per heavy atom. The van der Waals surface area contributed by atoms with Crippen molar-refractivity contribution in [1.82, 2.24) is 23.1 Å². The van der Waals surface area contributed by atoms with E-state index in [2.05, 4.69) is 13.9 Å². The van der Waals surface area contributed by atoms with Crippen LogP contribution in [-0.4, -0.2) is 70.7 Å². The fraction of sp³-hybridized carbons (Fsp3) is 0.375. The van der Waals surface area contributed by atoms with Gasteiger partial charge in [-0.25, -0.2) is 8.42 Å². The van der Waals surface area contributed by atoms with Crippen LogP contribution in [0.2, 0.25) is 0 Å². The number of ether oxygens (including phenoxy) is 1. The summed E-state index contributed by atoms with van der Waals surface area (Å²) in [6.07, 6.45) is 0. The van der Waals surface area contributed by atoms with Gasteiger partial charge in [0.1, 0.15) is 22.5 Å². The van der Waals surface area contributed by atoms with E-state index < -0.39 is 10.0 Å². The third-order valence-corrected chi connectivity index (χ3v) is 6.93. The number of sulfonamides is 1. The number of aromatic nitrogens is 3. The number of piperazine rings is 1. The van der Waals surface area contributed by atoms with Crippen molar-refractivity contribution in [2.45, 2.75) is 11.5 Å². The predicted molar refractivity (Wildman–Crippen MR) is 99.3 cm³/mol. The molecular formula is C16H17N5O5S2. The van der Waals surface area contributed by atoms with Crippen LogP contribution in [-0.2, 0) is 21.4 Å². The van der Waals surface area contributed by atoms with E-state index in [0.29, 0.717) is 16.8 Å². The van der Waals surface area contributed by atoms with Crippen LogP contribution in [0.15, 0.2) is 33.7 Å². The Labute approximate surface area is 165 Å². The highest BCUT2D eigenvalue weighted by Gasteiger charge is 2.32. The van der Waals surface area contributed by atoms with Gasteiger partial charge in [-0.15, -0.1) is 0 Å². The summed E-state index contributed by atoms with van der Waals surface area (Å²) in [5.74, 6) is 0.158. The molecule has 4 rings (SSSR count). The second-order valence-electron chi connectivity index (χ2n) is 6.20. The number of amides is 1. The van der Waals surface area contributed by atoms with Crippen molar-refractivity contribution in [3.05, 3.63) is 35.7 Å². The summed E-state index contributed by atoms with van der Waals surface area (Å²) in [5, 5.41) is 3.76. The molecule has 1 amide bonds. The van der Waals surface area contributed by atoms with Crippen LogP contribution in [0.3, 0.4) is 0 Å². The van der Waals surface area contributed by atoms with E-state index in [9.17, 15) is 13.2 Å². The molecule has 148 valence electrons. The van der Waals surface area contributed by atoms with E-state index in [-0.39, 0.29) is 49.3 Å². The third kappa shape index (κ3) is 3.39. The van der Waals surface area contributed by atoms with Gasteiger partial charge in [0.05, 0.1) is 11.7 Å². The fourth-order valence-corrected chi connectivity index (χ4v) is 5.22. The molecule has 0 N–H and O–H groups in total. The van der Waals surface area contributed by atoms with Crippen molar-refractivity contribution in [3.8, 4) is 0 Å². The van der Waals surface area contributed by atoms with E-state index in [1.54, 1.807) is 17.0 Å². The lowest BCUT2D eigenvalue weighted by molar-refractivity contribution is 0.0687. The summed E-state index contributed by atoms with van der Waals surface area (Å²) in [6, 6.07) is 6.44. The van der Waals surface area contributed by atoms with Crippen LogP contribution in [0.1, 0.15) is 16.2 Å². The molecule has 28 heavy (non-hydrogen) atoms. The zero-order valence-electron chi connectivity index (χ0n) is 14.9. The van der Waals surface area contributed by atoms with Crippen molar-refractivity contribution in [3.63, 3.8) is 0 Å². The average molecular weight is 423 g/mol. The molecule has 2 aromatic heterocycles. The lowest BCUT2D eigenvalue weighted by atomic mass is 10.3. The smallest absolute Gasteiger partial charge is 0.276 e. The highest BCUT2D eigenvalue weighted by molar-refractivity contribution is 7.89. The molecule has 12 heteroatoms. The summed E-state index contributed by atoms with van der Waals surface area (Å²) in [4.78, 5) is 14.3. The Balaban J connectivity index is 1.47. The lowest BCUT2D eigenvalue weighted by Gasteiger charge is -2.33. The number of carbonyl (C=O) groups is 1. The first kappa shape index (κ1) is 18.9. The Morgan fingerprint density at radius 3 is 2.79 bits per heavy atom. The molecule has 0 saturated carbocycles. The minimum absolute atomic E-state index is 0.138. The van der Waals surface area contributed by atoms with Gasteiger partial charge in [-0.3, -0.25) is 4.79 Å². The molecule has 1 saturated heterocycles. The zero-order chi connectivity index (χ0) is 19.7. The minimum Gasteiger partial charge on any atom is -0.377 e. The number of carbonyl (C=O) groups excluding carboxylic acids is 1.